The molecule has 0 aliphatic heterocycles. The van der Waals surface area contributed by atoms with Crippen molar-refractivity contribution < 1.29 is 9.90 Å². The molecule has 1 atom stereocenters. The summed E-state index contributed by atoms with van der Waals surface area (Å²) in [5.74, 6) is -0.774. The first-order chi connectivity index (χ1) is 9.29. The molecular weight excluding hydrogens is 272 g/mol. The third-order valence-corrected chi connectivity index (χ3v) is 3.43. The normalized spacial score (nSPS) is 12.6. The molecule has 0 aliphatic carbocycles. The van der Waals surface area contributed by atoms with Gasteiger partial charge in [0.25, 0.3) is 0 Å². The van der Waals surface area contributed by atoms with Crippen molar-refractivity contribution in [2.24, 2.45) is 11.3 Å². The molecule has 20 heavy (non-hydrogen) atoms. The number of hydrogen-bond acceptors (Lipinski definition) is 2. The maximum Gasteiger partial charge on any atom is 0.303 e. The van der Waals surface area contributed by atoms with Crippen LogP contribution >= 0.6 is 12.2 Å². The number of carboxylic acid groups (broad SMARTS) is 1. The Kier molecular flexibility index (Phi) is 5.95. The molecule has 0 radical (unpaired) electrons. The smallest absolute Gasteiger partial charge is 0.303 e. The Morgan fingerprint density at radius 1 is 1.30 bits per heavy atom. The molecule has 1 unspecified atom stereocenters. The van der Waals surface area contributed by atoms with Gasteiger partial charge in [-0.25, -0.2) is 0 Å². The average molecular weight is 294 g/mol. The molecule has 110 valence electrons. The van der Waals surface area contributed by atoms with E-state index >= 15 is 0 Å². The molecule has 0 bridgehead atoms. The van der Waals surface area contributed by atoms with E-state index in [0.717, 1.165) is 5.69 Å². The lowest BCUT2D eigenvalue weighted by atomic mass is 9.79. The van der Waals surface area contributed by atoms with Crippen molar-refractivity contribution in [3.8, 4) is 0 Å². The zero-order valence-electron chi connectivity index (χ0n) is 12.1. The van der Waals surface area contributed by atoms with Crippen LogP contribution in [0.4, 0.5) is 5.69 Å². The van der Waals surface area contributed by atoms with E-state index in [0.29, 0.717) is 11.7 Å². The Morgan fingerprint density at radius 2 is 1.90 bits per heavy atom. The number of para-hydroxylation sites is 1. The maximum atomic E-state index is 10.9. The average Bonchev–Trinajstić information content (AvgIpc) is 2.34. The van der Waals surface area contributed by atoms with Gasteiger partial charge in [-0.2, -0.15) is 0 Å². The van der Waals surface area contributed by atoms with E-state index < -0.39 is 5.97 Å². The lowest BCUT2D eigenvalue weighted by Crippen LogP contribution is -2.38. The number of hydrogen-bond donors (Lipinski definition) is 3. The summed E-state index contributed by atoms with van der Waals surface area (Å²) in [4.78, 5) is 10.9. The van der Waals surface area contributed by atoms with Crippen molar-refractivity contribution in [3.05, 3.63) is 30.3 Å². The zero-order valence-corrected chi connectivity index (χ0v) is 13.0. The van der Waals surface area contributed by atoms with Crippen LogP contribution in [-0.2, 0) is 4.79 Å². The summed E-state index contributed by atoms with van der Waals surface area (Å²) in [5, 5.41) is 15.7. The molecular formula is C15H22N2O2S. The molecule has 3 N–H and O–H groups in total. The van der Waals surface area contributed by atoms with Gasteiger partial charge in [-0.3, -0.25) is 4.79 Å². The molecule has 0 amide bonds. The van der Waals surface area contributed by atoms with Crippen LogP contribution in [0.3, 0.4) is 0 Å². The van der Waals surface area contributed by atoms with E-state index in [1.165, 1.54) is 0 Å². The second-order valence-electron chi connectivity index (χ2n) is 5.86. The fourth-order valence-corrected chi connectivity index (χ4v) is 2.01. The second kappa shape index (κ2) is 7.24. The van der Waals surface area contributed by atoms with Gasteiger partial charge in [0, 0.05) is 12.2 Å². The number of thiocarbonyl (C=S) groups is 1. The third-order valence-electron chi connectivity index (χ3n) is 3.19. The van der Waals surface area contributed by atoms with E-state index in [2.05, 4.69) is 10.6 Å². The van der Waals surface area contributed by atoms with Crippen LogP contribution < -0.4 is 10.6 Å². The van der Waals surface area contributed by atoms with Gasteiger partial charge in [0.2, 0.25) is 0 Å². The lowest BCUT2D eigenvalue weighted by Gasteiger charge is -2.30. The van der Waals surface area contributed by atoms with Gasteiger partial charge in [-0.1, -0.05) is 39.0 Å². The summed E-state index contributed by atoms with van der Waals surface area (Å²) in [7, 11) is 0. The predicted molar refractivity (Wildman–Crippen MR) is 85.9 cm³/mol. The fraction of sp³-hybridized carbons (Fsp3) is 0.467. The minimum Gasteiger partial charge on any atom is -0.481 e. The number of rotatable bonds is 5. The molecule has 5 heteroatoms. The number of nitrogens with one attached hydrogen (secondary N) is 2. The Bertz CT molecular complexity index is 455. The molecule has 0 heterocycles. The summed E-state index contributed by atoms with van der Waals surface area (Å²) in [6.07, 6.45) is 0.129. The van der Waals surface area contributed by atoms with Gasteiger partial charge < -0.3 is 15.7 Å². The zero-order chi connectivity index (χ0) is 15.2. The summed E-state index contributed by atoms with van der Waals surface area (Å²) in [6.45, 7) is 6.65. The summed E-state index contributed by atoms with van der Waals surface area (Å²) >= 11 is 5.22. The van der Waals surface area contributed by atoms with Crippen LogP contribution in [0.25, 0.3) is 0 Å². The van der Waals surface area contributed by atoms with E-state index in [1.54, 1.807) is 0 Å². The number of benzene rings is 1. The summed E-state index contributed by atoms with van der Waals surface area (Å²) in [5.41, 5.74) is 0.823. The largest absolute Gasteiger partial charge is 0.481 e. The first-order valence-electron chi connectivity index (χ1n) is 6.60. The number of carboxylic acids is 1. The monoisotopic (exact) mass is 294 g/mol. The molecule has 0 spiro atoms. The van der Waals surface area contributed by atoms with Crippen molar-refractivity contribution in [1.82, 2.24) is 5.32 Å². The van der Waals surface area contributed by atoms with Crippen LogP contribution in [-0.4, -0.2) is 22.7 Å². The topological polar surface area (TPSA) is 61.4 Å². The number of carbonyl (C=O) groups is 1. The Hall–Kier alpha value is -1.62. The molecule has 0 fully saturated rings. The fourth-order valence-electron chi connectivity index (χ4n) is 1.81. The molecule has 0 saturated heterocycles. The third kappa shape index (κ3) is 6.02. The quantitative estimate of drug-likeness (QED) is 0.728. The lowest BCUT2D eigenvalue weighted by molar-refractivity contribution is -0.139. The number of aliphatic carboxylic acids is 1. The standard InChI is InChI=1S/C15H22N2O2S/c1-15(2,3)11(9-13(18)19)10-16-14(20)17-12-7-5-4-6-8-12/h4-8,11H,9-10H2,1-3H3,(H,18,19)(H2,16,17,20). The second-order valence-corrected chi connectivity index (χ2v) is 6.27. The Balaban J connectivity index is 2.50. The maximum absolute atomic E-state index is 10.9. The van der Waals surface area contributed by atoms with Crippen molar-refractivity contribution in [2.75, 3.05) is 11.9 Å². The van der Waals surface area contributed by atoms with Crippen LogP contribution in [0.5, 0.6) is 0 Å². The SMILES string of the molecule is CC(C)(C)C(CNC(=S)Nc1ccccc1)CC(=O)O. The molecule has 0 aromatic heterocycles. The van der Waals surface area contributed by atoms with Gasteiger partial charge in [0.15, 0.2) is 5.11 Å². The van der Waals surface area contributed by atoms with E-state index in [1.807, 2.05) is 51.1 Å². The van der Waals surface area contributed by atoms with Crippen LogP contribution in [0.1, 0.15) is 27.2 Å². The molecule has 1 aromatic carbocycles. The summed E-state index contributed by atoms with van der Waals surface area (Å²) < 4.78 is 0. The van der Waals surface area contributed by atoms with Crippen LogP contribution in [0.2, 0.25) is 0 Å². The molecule has 1 rings (SSSR count). The highest BCUT2D eigenvalue weighted by Gasteiger charge is 2.26. The first kappa shape index (κ1) is 16.4. The van der Waals surface area contributed by atoms with Gasteiger partial charge in [-0.15, -0.1) is 0 Å². The predicted octanol–water partition coefficient (Wildman–Crippen LogP) is 3.11. The van der Waals surface area contributed by atoms with Crippen LogP contribution in [0, 0.1) is 11.3 Å². The molecule has 0 saturated carbocycles. The molecule has 0 aliphatic rings. The minimum absolute atomic E-state index is 0.00974. The number of anilines is 1. The minimum atomic E-state index is -0.784. The highest BCUT2D eigenvalue weighted by molar-refractivity contribution is 7.80. The van der Waals surface area contributed by atoms with Gasteiger partial charge in [0.1, 0.15) is 0 Å². The first-order valence-corrected chi connectivity index (χ1v) is 7.01. The Labute approximate surface area is 125 Å². The van der Waals surface area contributed by atoms with Crippen molar-refractivity contribution in [2.45, 2.75) is 27.2 Å². The van der Waals surface area contributed by atoms with Gasteiger partial charge >= 0.3 is 5.97 Å². The van der Waals surface area contributed by atoms with E-state index in [4.69, 9.17) is 17.3 Å². The van der Waals surface area contributed by atoms with Crippen LogP contribution in [0.15, 0.2) is 30.3 Å². The highest BCUT2D eigenvalue weighted by atomic mass is 32.1. The molecule has 4 nitrogen and oxygen atoms in total. The highest BCUT2D eigenvalue weighted by Crippen LogP contribution is 2.28. The van der Waals surface area contributed by atoms with Crippen molar-refractivity contribution in [1.29, 1.82) is 0 Å². The van der Waals surface area contributed by atoms with Gasteiger partial charge in [-0.05, 0) is 35.7 Å². The van der Waals surface area contributed by atoms with Crippen molar-refractivity contribution >= 4 is 29.0 Å². The Morgan fingerprint density at radius 3 is 2.40 bits per heavy atom. The van der Waals surface area contributed by atoms with Crippen molar-refractivity contribution in [3.63, 3.8) is 0 Å². The van der Waals surface area contributed by atoms with E-state index in [-0.39, 0.29) is 17.8 Å². The summed E-state index contributed by atoms with van der Waals surface area (Å²) in [6, 6.07) is 9.63. The molecule has 1 aromatic rings. The van der Waals surface area contributed by atoms with E-state index in [9.17, 15) is 4.79 Å². The van der Waals surface area contributed by atoms with Gasteiger partial charge in [0.05, 0.1) is 6.42 Å².